The molecule has 1 aliphatic heterocycles. The quantitative estimate of drug-likeness (QED) is 0.646. The molecule has 0 spiro atoms. The molecule has 1 heterocycles. The molecule has 1 aromatic carbocycles. The maximum atomic E-state index is 5.91. The molecule has 3 nitrogen and oxygen atoms in total. The van der Waals surface area contributed by atoms with E-state index in [0.29, 0.717) is 0 Å². The first-order chi connectivity index (χ1) is 9.38. The number of hydrazine groups is 1. The predicted molar refractivity (Wildman–Crippen MR) is 76.9 cm³/mol. The van der Waals surface area contributed by atoms with Gasteiger partial charge in [-0.3, -0.25) is 11.3 Å². The fourth-order valence-electron chi connectivity index (χ4n) is 3.55. The van der Waals surface area contributed by atoms with Crippen molar-refractivity contribution < 1.29 is 4.74 Å². The summed E-state index contributed by atoms with van der Waals surface area (Å²) in [5.74, 6) is 7.72. The van der Waals surface area contributed by atoms with Gasteiger partial charge in [0.15, 0.2) is 0 Å². The van der Waals surface area contributed by atoms with Crippen LogP contribution in [-0.2, 0) is 6.42 Å². The fourth-order valence-corrected chi connectivity index (χ4v) is 3.55. The number of nitrogens with two attached hydrogens (primary N) is 1. The number of aryl methyl sites for hydroxylation is 1. The van der Waals surface area contributed by atoms with E-state index in [1.54, 1.807) is 0 Å². The fraction of sp³-hybridized carbons (Fsp3) is 0.625. The first-order valence-electron chi connectivity index (χ1n) is 7.59. The molecule has 1 unspecified atom stereocenters. The van der Waals surface area contributed by atoms with Crippen molar-refractivity contribution in [3.63, 3.8) is 0 Å². The average molecular weight is 260 g/mol. The number of hydrogen-bond donors (Lipinski definition) is 2. The molecule has 104 valence electrons. The lowest BCUT2D eigenvalue weighted by Gasteiger charge is -2.26. The number of para-hydroxylation sites is 1. The van der Waals surface area contributed by atoms with Gasteiger partial charge in [0.25, 0.3) is 0 Å². The van der Waals surface area contributed by atoms with Crippen molar-refractivity contribution in [2.75, 3.05) is 6.61 Å². The van der Waals surface area contributed by atoms with E-state index in [1.807, 2.05) is 0 Å². The van der Waals surface area contributed by atoms with Crippen molar-refractivity contribution in [3.05, 3.63) is 29.3 Å². The molecule has 0 radical (unpaired) electrons. The van der Waals surface area contributed by atoms with E-state index in [9.17, 15) is 0 Å². The van der Waals surface area contributed by atoms with Crippen molar-refractivity contribution in [2.45, 2.75) is 51.0 Å². The molecule has 1 atom stereocenters. The molecule has 1 saturated carbocycles. The molecule has 0 aromatic heterocycles. The molecular formula is C16H24N2O. The van der Waals surface area contributed by atoms with Crippen LogP contribution in [0.3, 0.4) is 0 Å². The van der Waals surface area contributed by atoms with Gasteiger partial charge in [-0.15, -0.1) is 0 Å². The van der Waals surface area contributed by atoms with E-state index in [1.165, 1.54) is 36.8 Å². The summed E-state index contributed by atoms with van der Waals surface area (Å²) in [6.07, 6.45) is 8.86. The minimum Gasteiger partial charge on any atom is -0.493 e. The molecule has 1 aromatic rings. The molecule has 3 heteroatoms. The maximum Gasteiger partial charge on any atom is 0.127 e. The van der Waals surface area contributed by atoms with Gasteiger partial charge < -0.3 is 4.74 Å². The van der Waals surface area contributed by atoms with E-state index in [2.05, 4.69) is 23.6 Å². The molecule has 2 aliphatic rings. The summed E-state index contributed by atoms with van der Waals surface area (Å²) in [4.78, 5) is 0. The number of nitrogens with one attached hydrogen (secondary N) is 1. The molecule has 0 bridgehead atoms. The number of rotatable bonds is 4. The zero-order valence-corrected chi connectivity index (χ0v) is 11.5. The van der Waals surface area contributed by atoms with Crippen molar-refractivity contribution in [1.29, 1.82) is 0 Å². The zero-order valence-electron chi connectivity index (χ0n) is 11.5. The minimum atomic E-state index is 0.233. The van der Waals surface area contributed by atoms with Gasteiger partial charge >= 0.3 is 0 Å². The Balaban J connectivity index is 1.81. The van der Waals surface area contributed by atoms with E-state index in [4.69, 9.17) is 10.6 Å². The van der Waals surface area contributed by atoms with Crippen molar-refractivity contribution >= 4 is 0 Å². The summed E-state index contributed by atoms with van der Waals surface area (Å²) in [6.45, 7) is 0.838. The van der Waals surface area contributed by atoms with Crippen LogP contribution in [-0.4, -0.2) is 6.61 Å². The highest BCUT2D eigenvalue weighted by molar-refractivity contribution is 5.44. The molecule has 3 N–H and O–H groups in total. The highest BCUT2D eigenvalue weighted by Gasteiger charge is 2.24. The summed E-state index contributed by atoms with van der Waals surface area (Å²) >= 11 is 0. The second-order valence-electron chi connectivity index (χ2n) is 5.89. The summed E-state index contributed by atoms with van der Waals surface area (Å²) in [5, 5.41) is 0. The smallest absolute Gasteiger partial charge is 0.127 e. The van der Waals surface area contributed by atoms with Crippen molar-refractivity contribution in [3.8, 4) is 5.75 Å². The van der Waals surface area contributed by atoms with Gasteiger partial charge in [0.1, 0.15) is 5.75 Å². The van der Waals surface area contributed by atoms with Crippen LogP contribution in [0.1, 0.15) is 55.7 Å². The Morgan fingerprint density at radius 3 is 2.89 bits per heavy atom. The molecule has 0 amide bonds. The van der Waals surface area contributed by atoms with E-state index in [-0.39, 0.29) is 6.04 Å². The van der Waals surface area contributed by atoms with Gasteiger partial charge in [-0.05, 0) is 30.7 Å². The Morgan fingerprint density at radius 1 is 1.26 bits per heavy atom. The van der Waals surface area contributed by atoms with Crippen LogP contribution in [0, 0.1) is 5.92 Å². The van der Waals surface area contributed by atoms with Crippen LogP contribution in [0.2, 0.25) is 0 Å². The van der Waals surface area contributed by atoms with Gasteiger partial charge in [0.05, 0.1) is 6.61 Å². The van der Waals surface area contributed by atoms with E-state index < -0.39 is 0 Å². The number of benzene rings is 1. The van der Waals surface area contributed by atoms with Crippen LogP contribution in [0.5, 0.6) is 5.75 Å². The van der Waals surface area contributed by atoms with Crippen LogP contribution in [0.4, 0.5) is 0 Å². The summed E-state index contributed by atoms with van der Waals surface area (Å²) in [5.41, 5.74) is 5.61. The minimum absolute atomic E-state index is 0.233. The Kier molecular flexibility index (Phi) is 4.04. The Bertz CT molecular complexity index is 427. The molecular weight excluding hydrogens is 236 g/mol. The monoisotopic (exact) mass is 260 g/mol. The highest BCUT2D eigenvalue weighted by atomic mass is 16.5. The van der Waals surface area contributed by atoms with Crippen molar-refractivity contribution in [2.24, 2.45) is 11.8 Å². The summed E-state index contributed by atoms with van der Waals surface area (Å²) < 4.78 is 5.91. The predicted octanol–water partition coefficient (Wildman–Crippen LogP) is 3.10. The molecule has 3 rings (SSSR count). The van der Waals surface area contributed by atoms with Crippen LogP contribution >= 0.6 is 0 Å². The SMILES string of the molecule is NNC(CC1CCCC1)c1cccc2c1OCCC2. The first kappa shape index (κ1) is 12.9. The molecule has 1 aliphatic carbocycles. The third-order valence-corrected chi connectivity index (χ3v) is 4.58. The Hall–Kier alpha value is -1.06. The van der Waals surface area contributed by atoms with Gasteiger partial charge in [-0.1, -0.05) is 43.9 Å². The Labute approximate surface area is 115 Å². The average Bonchev–Trinajstić information content (AvgIpc) is 2.97. The lowest BCUT2D eigenvalue weighted by Crippen LogP contribution is -2.30. The maximum absolute atomic E-state index is 5.91. The van der Waals surface area contributed by atoms with Crippen molar-refractivity contribution in [1.82, 2.24) is 5.43 Å². The topological polar surface area (TPSA) is 47.3 Å². The van der Waals surface area contributed by atoms with E-state index in [0.717, 1.165) is 37.5 Å². The number of ether oxygens (including phenoxy) is 1. The normalized spacial score (nSPS) is 20.9. The lowest BCUT2D eigenvalue weighted by molar-refractivity contribution is 0.278. The van der Waals surface area contributed by atoms with Gasteiger partial charge in [-0.25, -0.2) is 0 Å². The van der Waals surface area contributed by atoms with Gasteiger partial charge in [0.2, 0.25) is 0 Å². The largest absolute Gasteiger partial charge is 0.493 e. The lowest BCUT2D eigenvalue weighted by atomic mass is 9.91. The number of fused-ring (bicyclic) bond motifs is 1. The second kappa shape index (κ2) is 5.93. The van der Waals surface area contributed by atoms with Gasteiger partial charge in [0, 0.05) is 11.6 Å². The second-order valence-corrected chi connectivity index (χ2v) is 5.89. The van der Waals surface area contributed by atoms with Gasteiger partial charge in [-0.2, -0.15) is 0 Å². The molecule has 0 saturated heterocycles. The summed E-state index contributed by atoms with van der Waals surface area (Å²) in [7, 11) is 0. The first-order valence-corrected chi connectivity index (χ1v) is 7.59. The third-order valence-electron chi connectivity index (χ3n) is 4.58. The zero-order chi connectivity index (χ0) is 13.1. The highest BCUT2D eigenvalue weighted by Crippen LogP contribution is 2.38. The molecule has 19 heavy (non-hydrogen) atoms. The molecule has 1 fully saturated rings. The van der Waals surface area contributed by atoms with E-state index >= 15 is 0 Å². The Morgan fingerprint density at radius 2 is 2.11 bits per heavy atom. The van der Waals surface area contributed by atoms with Crippen LogP contribution in [0.15, 0.2) is 18.2 Å². The van der Waals surface area contributed by atoms with Crippen LogP contribution < -0.4 is 16.0 Å². The number of hydrogen-bond acceptors (Lipinski definition) is 3. The third kappa shape index (κ3) is 2.77. The van der Waals surface area contributed by atoms with Crippen LogP contribution in [0.25, 0.3) is 0 Å². The summed E-state index contributed by atoms with van der Waals surface area (Å²) in [6, 6.07) is 6.73. The standard InChI is InChI=1S/C16H24N2O/c17-18-15(11-12-5-1-2-6-12)14-9-3-7-13-8-4-10-19-16(13)14/h3,7,9,12,15,18H,1-2,4-6,8,10-11,17H2.